The predicted octanol–water partition coefficient (Wildman–Crippen LogP) is 0.658. The minimum atomic E-state index is -2.20. The van der Waals surface area contributed by atoms with Crippen molar-refractivity contribution in [2.45, 2.75) is 24.8 Å². The second-order valence-corrected chi connectivity index (χ2v) is 4.69. The highest BCUT2D eigenvalue weighted by molar-refractivity contribution is 6.03. The largest absolute Gasteiger partial charge is 0.479 e. The molecule has 1 aliphatic rings. The van der Waals surface area contributed by atoms with Gasteiger partial charge in [0.15, 0.2) is 0 Å². The van der Waals surface area contributed by atoms with Crippen LogP contribution in [0.5, 0.6) is 0 Å². The molecule has 1 aliphatic carbocycles. The molecular formula is C13H15NO4. The first kappa shape index (κ1) is 12.6. The zero-order valence-electron chi connectivity index (χ0n) is 9.80. The van der Waals surface area contributed by atoms with Crippen LogP contribution < -0.4 is 5.73 Å². The monoisotopic (exact) mass is 249 g/mol. The number of carboxylic acids is 2. The first-order chi connectivity index (χ1) is 8.46. The van der Waals surface area contributed by atoms with E-state index in [4.69, 9.17) is 15.9 Å². The molecule has 2 rings (SSSR count). The van der Waals surface area contributed by atoms with Gasteiger partial charge in [-0.3, -0.25) is 0 Å². The van der Waals surface area contributed by atoms with Gasteiger partial charge in [-0.2, -0.15) is 0 Å². The van der Waals surface area contributed by atoms with Crippen LogP contribution in [-0.2, 0) is 22.4 Å². The lowest BCUT2D eigenvalue weighted by atomic mass is 9.73. The van der Waals surface area contributed by atoms with Crippen LogP contribution in [0.2, 0.25) is 0 Å². The van der Waals surface area contributed by atoms with Gasteiger partial charge in [-0.15, -0.1) is 0 Å². The standard InChI is InChI=1S/C13H15NO4/c14-13(11(15)16,12(17)18)10-6-5-8-3-1-2-4-9(8)7-10/h1-4,10H,5-7,14H2,(H,15,16)(H,17,18). The molecule has 5 nitrogen and oxygen atoms in total. The van der Waals surface area contributed by atoms with Crippen LogP contribution in [0.25, 0.3) is 0 Å². The van der Waals surface area contributed by atoms with E-state index in [1.807, 2.05) is 24.3 Å². The van der Waals surface area contributed by atoms with E-state index in [0.717, 1.165) is 11.1 Å². The van der Waals surface area contributed by atoms with Crippen molar-refractivity contribution in [3.05, 3.63) is 35.4 Å². The third kappa shape index (κ3) is 1.86. The molecule has 0 saturated carbocycles. The lowest BCUT2D eigenvalue weighted by Gasteiger charge is -2.33. The molecule has 0 aliphatic heterocycles. The molecule has 0 heterocycles. The Morgan fingerprint density at radius 3 is 2.28 bits per heavy atom. The zero-order valence-corrected chi connectivity index (χ0v) is 9.80. The average Bonchev–Trinajstić information content (AvgIpc) is 2.36. The Bertz CT molecular complexity index is 484. The summed E-state index contributed by atoms with van der Waals surface area (Å²) in [6.07, 6.45) is 1.54. The first-order valence-corrected chi connectivity index (χ1v) is 5.78. The topological polar surface area (TPSA) is 101 Å². The molecule has 96 valence electrons. The van der Waals surface area contributed by atoms with E-state index in [9.17, 15) is 9.59 Å². The molecule has 0 radical (unpaired) electrons. The summed E-state index contributed by atoms with van der Waals surface area (Å²) >= 11 is 0. The van der Waals surface area contributed by atoms with Crippen LogP contribution in [0.3, 0.4) is 0 Å². The average molecular weight is 249 g/mol. The molecule has 0 fully saturated rings. The van der Waals surface area contributed by atoms with E-state index in [1.165, 1.54) is 0 Å². The van der Waals surface area contributed by atoms with Gasteiger partial charge in [0.05, 0.1) is 0 Å². The van der Waals surface area contributed by atoms with Crippen LogP contribution in [-0.4, -0.2) is 27.7 Å². The zero-order chi connectivity index (χ0) is 13.3. The number of benzene rings is 1. The summed E-state index contributed by atoms with van der Waals surface area (Å²) in [5.74, 6) is -3.53. The van der Waals surface area contributed by atoms with Crippen molar-refractivity contribution in [3.63, 3.8) is 0 Å². The van der Waals surface area contributed by atoms with Gasteiger partial charge >= 0.3 is 11.9 Å². The Hall–Kier alpha value is -1.88. The van der Waals surface area contributed by atoms with Crippen molar-refractivity contribution in [2.75, 3.05) is 0 Å². The molecular weight excluding hydrogens is 234 g/mol. The first-order valence-electron chi connectivity index (χ1n) is 5.78. The lowest BCUT2D eigenvalue weighted by molar-refractivity contribution is -0.160. The van der Waals surface area contributed by atoms with Gasteiger partial charge in [0.25, 0.3) is 0 Å². The maximum Gasteiger partial charge on any atom is 0.335 e. The number of fused-ring (bicyclic) bond motifs is 1. The minimum absolute atomic E-state index is 0.394. The summed E-state index contributed by atoms with van der Waals surface area (Å²) in [5, 5.41) is 18.2. The Labute approximate surface area is 104 Å². The van der Waals surface area contributed by atoms with Gasteiger partial charge in [0.2, 0.25) is 5.54 Å². The fourth-order valence-corrected chi connectivity index (χ4v) is 2.53. The van der Waals surface area contributed by atoms with Crippen LogP contribution in [0.15, 0.2) is 24.3 Å². The fourth-order valence-electron chi connectivity index (χ4n) is 2.53. The number of hydrogen-bond donors (Lipinski definition) is 3. The summed E-state index contributed by atoms with van der Waals surface area (Å²) in [6.45, 7) is 0. The summed E-state index contributed by atoms with van der Waals surface area (Å²) in [7, 11) is 0. The van der Waals surface area contributed by atoms with Crippen molar-refractivity contribution in [2.24, 2.45) is 11.7 Å². The lowest BCUT2D eigenvalue weighted by Crippen LogP contribution is -2.61. The third-order valence-electron chi connectivity index (χ3n) is 3.70. The Balaban J connectivity index is 2.32. The van der Waals surface area contributed by atoms with Crippen molar-refractivity contribution in [1.82, 2.24) is 0 Å². The van der Waals surface area contributed by atoms with Crippen LogP contribution in [0.4, 0.5) is 0 Å². The molecule has 4 N–H and O–H groups in total. The minimum Gasteiger partial charge on any atom is -0.479 e. The van der Waals surface area contributed by atoms with Gasteiger partial charge in [0.1, 0.15) is 0 Å². The third-order valence-corrected chi connectivity index (χ3v) is 3.70. The highest BCUT2D eigenvalue weighted by Gasteiger charge is 2.50. The van der Waals surface area contributed by atoms with Crippen LogP contribution in [0, 0.1) is 5.92 Å². The second-order valence-electron chi connectivity index (χ2n) is 4.69. The molecule has 5 heteroatoms. The van der Waals surface area contributed by atoms with E-state index in [1.54, 1.807) is 0 Å². The molecule has 1 aromatic carbocycles. The maximum atomic E-state index is 11.2. The van der Waals surface area contributed by atoms with Gasteiger partial charge in [-0.05, 0) is 30.4 Å². The smallest absolute Gasteiger partial charge is 0.335 e. The number of hydrogen-bond acceptors (Lipinski definition) is 3. The predicted molar refractivity (Wildman–Crippen MR) is 64.1 cm³/mol. The quantitative estimate of drug-likeness (QED) is 0.683. The molecule has 1 unspecified atom stereocenters. The maximum absolute atomic E-state index is 11.2. The number of aryl methyl sites for hydroxylation is 1. The van der Waals surface area contributed by atoms with Crippen molar-refractivity contribution in [1.29, 1.82) is 0 Å². The summed E-state index contributed by atoms with van der Waals surface area (Å²) < 4.78 is 0. The van der Waals surface area contributed by atoms with Crippen LogP contribution in [0.1, 0.15) is 17.5 Å². The van der Waals surface area contributed by atoms with Crippen molar-refractivity contribution in [3.8, 4) is 0 Å². The van der Waals surface area contributed by atoms with E-state index < -0.39 is 23.4 Å². The molecule has 0 saturated heterocycles. The summed E-state index contributed by atoms with van der Waals surface area (Å²) in [5.41, 5.74) is 5.55. The van der Waals surface area contributed by atoms with E-state index in [2.05, 4.69) is 0 Å². The van der Waals surface area contributed by atoms with Gasteiger partial charge < -0.3 is 15.9 Å². The van der Waals surface area contributed by atoms with Gasteiger partial charge in [-0.1, -0.05) is 24.3 Å². The number of rotatable bonds is 3. The number of aliphatic carboxylic acids is 2. The molecule has 0 spiro atoms. The van der Waals surface area contributed by atoms with Gasteiger partial charge in [-0.25, -0.2) is 9.59 Å². The van der Waals surface area contributed by atoms with E-state index in [0.29, 0.717) is 19.3 Å². The van der Waals surface area contributed by atoms with Crippen molar-refractivity contribution >= 4 is 11.9 Å². The molecule has 1 atom stereocenters. The Morgan fingerprint density at radius 2 is 1.72 bits per heavy atom. The normalized spacial score (nSPS) is 19.1. The van der Waals surface area contributed by atoms with Crippen LogP contribution >= 0.6 is 0 Å². The highest BCUT2D eigenvalue weighted by atomic mass is 16.4. The molecule has 1 aromatic rings. The molecule has 0 amide bonds. The van der Waals surface area contributed by atoms with E-state index in [-0.39, 0.29) is 0 Å². The summed E-state index contributed by atoms with van der Waals surface area (Å²) in [6, 6.07) is 7.65. The van der Waals surface area contributed by atoms with Crippen molar-refractivity contribution < 1.29 is 19.8 Å². The molecule has 0 aromatic heterocycles. The SMILES string of the molecule is NC(C(=O)O)(C(=O)O)C1CCc2ccccc2C1. The molecule has 18 heavy (non-hydrogen) atoms. The Kier molecular flexibility index (Phi) is 3.09. The fraction of sp³-hybridized carbons (Fsp3) is 0.385. The summed E-state index contributed by atoms with van der Waals surface area (Å²) in [4.78, 5) is 22.3. The number of carbonyl (C=O) groups is 2. The van der Waals surface area contributed by atoms with Gasteiger partial charge in [0, 0.05) is 5.92 Å². The molecule has 0 bridgehead atoms. The Morgan fingerprint density at radius 1 is 1.17 bits per heavy atom. The number of nitrogens with two attached hydrogens (primary N) is 1. The highest BCUT2D eigenvalue weighted by Crippen LogP contribution is 2.32. The second kappa shape index (κ2) is 4.42. The van der Waals surface area contributed by atoms with E-state index >= 15 is 0 Å². The number of carboxylic acid groups (broad SMARTS) is 2.